The van der Waals surface area contributed by atoms with Crippen LogP contribution in [0.25, 0.3) is 16.4 Å². The smallest absolute Gasteiger partial charge is 0.322 e. The molecule has 1 saturated heterocycles. The number of thiazole rings is 1. The summed E-state index contributed by atoms with van der Waals surface area (Å²) in [5, 5.41) is 10.4. The van der Waals surface area contributed by atoms with Crippen molar-refractivity contribution >= 4 is 44.9 Å². The number of rotatable bonds is 6. The van der Waals surface area contributed by atoms with Crippen molar-refractivity contribution in [2.45, 2.75) is 39.7 Å². The maximum absolute atomic E-state index is 13.7. The minimum atomic E-state index is -0.145. The second-order valence-electron chi connectivity index (χ2n) is 9.73. The third-order valence-electron chi connectivity index (χ3n) is 6.96. The van der Waals surface area contributed by atoms with Crippen molar-refractivity contribution in [2.75, 3.05) is 25.0 Å². The van der Waals surface area contributed by atoms with Crippen molar-refractivity contribution in [3.8, 4) is 16.4 Å². The lowest BCUT2D eigenvalue weighted by Crippen LogP contribution is -2.56. The van der Waals surface area contributed by atoms with Gasteiger partial charge in [0, 0.05) is 46.8 Å². The van der Waals surface area contributed by atoms with E-state index >= 15 is 0 Å². The number of amides is 3. The topological polar surface area (TPSA) is 83.4 Å². The van der Waals surface area contributed by atoms with Crippen LogP contribution in [0.2, 0.25) is 0 Å². The third-order valence-corrected chi connectivity index (χ3v) is 8.31. The molecule has 1 atom stereocenters. The van der Waals surface area contributed by atoms with Gasteiger partial charge in [0.05, 0.1) is 23.1 Å². The van der Waals surface area contributed by atoms with E-state index in [0.29, 0.717) is 31.6 Å². The summed E-state index contributed by atoms with van der Waals surface area (Å²) in [7, 11) is 0. The van der Waals surface area contributed by atoms with Crippen LogP contribution in [-0.2, 0) is 6.42 Å². The molecular weight excluding hydrogens is 576 g/mol. The molecule has 1 fully saturated rings. The number of benzene rings is 2. The fourth-order valence-corrected chi connectivity index (χ4v) is 5.90. The molecule has 39 heavy (non-hydrogen) atoms. The van der Waals surface area contributed by atoms with Crippen LogP contribution < -0.4 is 5.32 Å². The normalized spacial score (nSPS) is 15.4. The monoisotopic (exact) mass is 606 g/mol. The lowest BCUT2D eigenvalue weighted by Gasteiger charge is -2.39. The first-order valence-electron chi connectivity index (χ1n) is 13.1. The molecule has 3 amide bonds. The van der Waals surface area contributed by atoms with Crippen LogP contribution in [0, 0.1) is 6.92 Å². The van der Waals surface area contributed by atoms with E-state index in [2.05, 4.69) is 33.3 Å². The molecule has 0 bridgehead atoms. The van der Waals surface area contributed by atoms with Crippen molar-refractivity contribution in [1.82, 2.24) is 24.6 Å². The Morgan fingerprint density at radius 3 is 2.62 bits per heavy atom. The number of para-hydroxylation sites is 1. The van der Waals surface area contributed by atoms with Crippen LogP contribution >= 0.6 is 27.3 Å². The molecule has 0 radical (unpaired) electrons. The average Bonchev–Trinajstić information content (AvgIpc) is 3.58. The quantitative estimate of drug-likeness (QED) is 0.275. The van der Waals surface area contributed by atoms with Gasteiger partial charge in [-0.3, -0.25) is 4.79 Å². The molecule has 2 aromatic heterocycles. The van der Waals surface area contributed by atoms with Gasteiger partial charge < -0.3 is 15.1 Å². The Bertz CT molecular complexity index is 1480. The first kappa shape index (κ1) is 27.1. The molecule has 5 rings (SSSR count). The van der Waals surface area contributed by atoms with E-state index < -0.39 is 0 Å². The van der Waals surface area contributed by atoms with Gasteiger partial charge in [0.1, 0.15) is 0 Å². The number of aromatic nitrogens is 3. The zero-order valence-corrected chi connectivity index (χ0v) is 24.6. The highest BCUT2D eigenvalue weighted by Crippen LogP contribution is 2.28. The maximum atomic E-state index is 13.7. The van der Waals surface area contributed by atoms with Crippen LogP contribution in [0.1, 0.15) is 41.9 Å². The lowest BCUT2D eigenvalue weighted by molar-refractivity contribution is 0.0591. The van der Waals surface area contributed by atoms with E-state index in [9.17, 15) is 9.59 Å². The SMILES string of the molecule is CCCc1c(C(=O)N2CCN(C(=O)Nc3ccccc3C)C(C)C2)cnn1-c1nc(-c2ccc(Br)cc2)cs1. The van der Waals surface area contributed by atoms with Crippen LogP contribution in [0.4, 0.5) is 10.5 Å². The standard InChI is InChI=1S/C29H31BrN6O2S/c1-4-7-26-23(16-31-36(26)29-33-25(18-39-29)21-10-12-22(30)13-11-21)27(37)34-14-15-35(20(3)17-34)28(38)32-24-9-6-5-8-19(24)2/h5-6,8-13,16,18,20H,4,7,14-15,17H2,1-3H3,(H,32,38). The van der Waals surface area contributed by atoms with Gasteiger partial charge in [-0.1, -0.05) is 59.6 Å². The van der Waals surface area contributed by atoms with Crippen molar-refractivity contribution in [2.24, 2.45) is 0 Å². The molecule has 202 valence electrons. The summed E-state index contributed by atoms with van der Waals surface area (Å²) in [6, 6.07) is 15.5. The molecule has 10 heteroatoms. The highest BCUT2D eigenvalue weighted by Gasteiger charge is 2.32. The van der Waals surface area contributed by atoms with E-state index in [1.807, 2.05) is 72.7 Å². The van der Waals surface area contributed by atoms with Gasteiger partial charge in [-0.05, 0) is 44.0 Å². The molecule has 4 aromatic rings. The highest BCUT2D eigenvalue weighted by atomic mass is 79.9. The number of halogens is 1. The van der Waals surface area contributed by atoms with E-state index in [0.717, 1.165) is 44.2 Å². The largest absolute Gasteiger partial charge is 0.335 e. The number of nitrogens with one attached hydrogen (secondary N) is 1. The minimum absolute atomic E-state index is 0.0554. The van der Waals surface area contributed by atoms with Gasteiger partial charge in [-0.2, -0.15) is 5.10 Å². The zero-order chi connectivity index (χ0) is 27.5. The molecule has 3 heterocycles. The molecule has 2 aromatic carbocycles. The van der Waals surface area contributed by atoms with Crippen molar-refractivity contribution in [1.29, 1.82) is 0 Å². The van der Waals surface area contributed by atoms with Gasteiger partial charge in [0.15, 0.2) is 0 Å². The lowest BCUT2D eigenvalue weighted by atomic mass is 10.1. The van der Waals surface area contributed by atoms with Crippen LogP contribution in [-0.4, -0.2) is 62.2 Å². The summed E-state index contributed by atoms with van der Waals surface area (Å²) < 4.78 is 2.82. The Morgan fingerprint density at radius 2 is 1.90 bits per heavy atom. The number of nitrogens with zero attached hydrogens (tertiary/aromatic N) is 5. The first-order chi connectivity index (χ1) is 18.9. The molecular formula is C29H31BrN6O2S. The van der Waals surface area contributed by atoms with Gasteiger partial charge in [-0.25, -0.2) is 14.5 Å². The summed E-state index contributed by atoms with van der Waals surface area (Å²) in [5.41, 5.74) is 5.18. The molecule has 0 aliphatic carbocycles. The van der Waals surface area contributed by atoms with E-state index in [4.69, 9.17) is 4.98 Å². The Labute approximate surface area is 240 Å². The predicted molar refractivity (Wildman–Crippen MR) is 159 cm³/mol. The van der Waals surface area contributed by atoms with E-state index in [1.165, 1.54) is 11.3 Å². The summed E-state index contributed by atoms with van der Waals surface area (Å²) in [6.45, 7) is 7.43. The van der Waals surface area contributed by atoms with Crippen LogP contribution in [0.3, 0.4) is 0 Å². The number of hydrogen-bond acceptors (Lipinski definition) is 5. The predicted octanol–water partition coefficient (Wildman–Crippen LogP) is 6.40. The molecule has 8 nitrogen and oxygen atoms in total. The molecule has 1 aliphatic heterocycles. The minimum Gasteiger partial charge on any atom is -0.335 e. The van der Waals surface area contributed by atoms with Crippen LogP contribution in [0.15, 0.2) is 64.6 Å². The number of anilines is 1. The molecule has 1 unspecified atom stereocenters. The van der Waals surface area contributed by atoms with Crippen molar-refractivity contribution < 1.29 is 9.59 Å². The Hall–Kier alpha value is -3.50. The molecule has 1 N–H and O–H groups in total. The zero-order valence-electron chi connectivity index (χ0n) is 22.2. The summed E-state index contributed by atoms with van der Waals surface area (Å²) in [4.78, 5) is 35.1. The van der Waals surface area contributed by atoms with Crippen LogP contribution in [0.5, 0.6) is 0 Å². The molecule has 1 aliphatic rings. The Balaban J connectivity index is 1.31. The second kappa shape index (κ2) is 11.7. The first-order valence-corrected chi connectivity index (χ1v) is 14.7. The van der Waals surface area contributed by atoms with Crippen molar-refractivity contribution in [3.05, 3.63) is 81.4 Å². The number of carbonyl (C=O) groups excluding carboxylic acids is 2. The maximum Gasteiger partial charge on any atom is 0.322 e. The van der Waals surface area contributed by atoms with E-state index in [1.54, 1.807) is 15.8 Å². The molecule has 0 spiro atoms. The molecule has 0 saturated carbocycles. The number of urea groups is 1. The Kier molecular flexibility index (Phi) is 8.13. The number of hydrogen-bond donors (Lipinski definition) is 1. The third kappa shape index (κ3) is 5.77. The number of carbonyl (C=O) groups is 2. The summed E-state index contributed by atoms with van der Waals surface area (Å²) in [5.74, 6) is -0.0554. The highest BCUT2D eigenvalue weighted by molar-refractivity contribution is 9.10. The average molecular weight is 608 g/mol. The fraction of sp³-hybridized carbons (Fsp3) is 0.310. The summed E-state index contributed by atoms with van der Waals surface area (Å²) >= 11 is 4.98. The Morgan fingerprint density at radius 1 is 1.13 bits per heavy atom. The van der Waals surface area contributed by atoms with Gasteiger partial charge in [0.25, 0.3) is 5.91 Å². The van der Waals surface area contributed by atoms with E-state index in [-0.39, 0.29) is 18.0 Å². The second-order valence-corrected chi connectivity index (χ2v) is 11.5. The fourth-order valence-electron chi connectivity index (χ4n) is 4.82. The van der Waals surface area contributed by atoms with Gasteiger partial charge >= 0.3 is 6.03 Å². The number of piperazine rings is 1. The van der Waals surface area contributed by atoms with Gasteiger partial charge in [-0.15, -0.1) is 11.3 Å². The summed E-state index contributed by atoms with van der Waals surface area (Å²) in [6.07, 6.45) is 3.25. The number of aryl methyl sites for hydroxylation is 1. The van der Waals surface area contributed by atoms with Gasteiger partial charge in [0.2, 0.25) is 5.13 Å². The van der Waals surface area contributed by atoms with Crippen molar-refractivity contribution in [3.63, 3.8) is 0 Å².